The molecule has 1 N–H and O–H groups in total. The number of carbonyl (C=O) groups is 2. The van der Waals surface area contributed by atoms with Crippen molar-refractivity contribution in [2.75, 3.05) is 0 Å². The van der Waals surface area contributed by atoms with E-state index in [9.17, 15) is 9.59 Å². The lowest BCUT2D eigenvalue weighted by Crippen LogP contribution is -2.40. The molecule has 26 heavy (non-hydrogen) atoms. The zero-order valence-corrected chi connectivity index (χ0v) is 15.0. The number of nitrogens with one attached hydrogen (secondary N) is 1. The average molecular weight is 368 g/mol. The largest absolute Gasteiger partial charge is 0.337 e. The van der Waals surface area contributed by atoms with E-state index in [1.54, 1.807) is 6.92 Å². The maximum absolute atomic E-state index is 12.9. The van der Waals surface area contributed by atoms with E-state index in [0.717, 1.165) is 20.9 Å². The van der Waals surface area contributed by atoms with Crippen molar-refractivity contribution in [2.45, 2.75) is 25.9 Å². The van der Waals surface area contributed by atoms with Crippen LogP contribution in [-0.2, 0) is 16.9 Å². The van der Waals surface area contributed by atoms with Crippen molar-refractivity contribution in [3.63, 3.8) is 0 Å². The molecule has 0 saturated carbocycles. The smallest absolute Gasteiger partial charge is 0.325 e. The fourth-order valence-electron chi connectivity index (χ4n) is 2.88. The predicted molar refractivity (Wildman–Crippen MR) is 95.2 cm³/mol. The lowest BCUT2D eigenvalue weighted by atomic mass is 9.91. The number of hydrogen-bond donors (Lipinski definition) is 1. The van der Waals surface area contributed by atoms with Crippen LogP contribution in [0.1, 0.15) is 23.9 Å². The van der Waals surface area contributed by atoms with Crippen molar-refractivity contribution < 1.29 is 14.1 Å². The molecule has 0 spiro atoms. The summed E-state index contributed by atoms with van der Waals surface area (Å²) < 4.78 is 5.21. The van der Waals surface area contributed by atoms with E-state index < -0.39 is 11.6 Å². The molecule has 3 heterocycles. The lowest BCUT2D eigenvalue weighted by molar-refractivity contribution is -0.131. The lowest BCUT2D eigenvalue weighted by Gasteiger charge is -2.22. The molecule has 0 aliphatic carbocycles. The van der Waals surface area contributed by atoms with E-state index in [-0.39, 0.29) is 18.3 Å². The predicted octanol–water partition coefficient (Wildman–Crippen LogP) is 3.07. The summed E-state index contributed by atoms with van der Waals surface area (Å²) in [7, 11) is 0. The first kappa shape index (κ1) is 16.5. The van der Waals surface area contributed by atoms with Crippen LogP contribution < -0.4 is 5.32 Å². The van der Waals surface area contributed by atoms with Crippen LogP contribution in [0.4, 0.5) is 4.79 Å². The van der Waals surface area contributed by atoms with Gasteiger partial charge in [-0.3, -0.25) is 9.69 Å². The number of thiophene rings is 1. The normalized spacial score (nSPS) is 19.8. The molecule has 1 aliphatic heterocycles. The Kier molecular flexibility index (Phi) is 3.84. The highest BCUT2D eigenvalue weighted by Crippen LogP contribution is 2.30. The van der Waals surface area contributed by atoms with Gasteiger partial charge in [-0.1, -0.05) is 41.1 Å². The maximum Gasteiger partial charge on any atom is 0.325 e. The van der Waals surface area contributed by atoms with Crippen molar-refractivity contribution in [3.8, 4) is 10.7 Å². The van der Waals surface area contributed by atoms with Gasteiger partial charge in [0.15, 0.2) is 0 Å². The molecule has 1 atom stereocenters. The van der Waals surface area contributed by atoms with E-state index in [2.05, 4.69) is 15.5 Å². The van der Waals surface area contributed by atoms with Gasteiger partial charge in [0, 0.05) is 0 Å². The molecule has 1 fully saturated rings. The highest BCUT2D eigenvalue weighted by Gasteiger charge is 2.49. The van der Waals surface area contributed by atoms with Crippen molar-refractivity contribution in [3.05, 3.63) is 58.8 Å². The second-order valence-electron chi connectivity index (χ2n) is 6.30. The Morgan fingerprint density at radius 3 is 2.69 bits per heavy atom. The third-order valence-corrected chi connectivity index (χ3v) is 5.27. The quantitative estimate of drug-likeness (QED) is 0.715. The highest BCUT2D eigenvalue weighted by atomic mass is 32.1. The van der Waals surface area contributed by atoms with Gasteiger partial charge in [0.1, 0.15) is 12.1 Å². The van der Waals surface area contributed by atoms with Gasteiger partial charge in [0.05, 0.1) is 4.88 Å². The van der Waals surface area contributed by atoms with Crippen molar-refractivity contribution >= 4 is 23.3 Å². The third-order valence-electron chi connectivity index (χ3n) is 4.41. The second kappa shape index (κ2) is 6.06. The Balaban J connectivity index is 1.57. The third kappa shape index (κ3) is 2.68. The molecule has 1 aromatic carbocycles. The Morgan fingerprint density at radius 2 is 2.00 bits per heavy atom. The number of aromatic nitrogens is 2. The molecule has 0 bridgehead atoms. The number of urea groups is 1. The van der Waals surface area contributed by atoms with Gasteiger partial charge in [-0.15, -0.1) is 11.3 Å². The standard InChI is InChI=1S/C18H16N4O3S/c1-11-5-7-12(8-6-11)18(2)16(23)22(17(24)20-18)10-14-19-15(21-25-14)13-4-3-9-26-13/h3-9H,10H2,1-2H3,(H,20,24). The monoisotopic (exact) mass is 368 g/mol. The molecule has 4 rings (SSSR count). The van der Waals surface area contributed by atoms with Crippen LogP contribution in [0.2, 0.25) is 0 Å². The fourth-order valence-corrected chi connectivity index (χ4v) is 3.53. The van der Waals surface area contributed by atoms with E-state index in [1.807, 2.05) is 48.7 Å². The first-order chi connectivity index (χ1) is 12.5. The SMILES string of the molecule is Cc1ccc(C2(C)NC(=O)N(Cc3nc(-c4cccs4)no3)C2=O)cc1. The molecule has 132 valence electrons. The van der Waals surface area contributed by atoms with E-state index in [0.29, 0.717) is 5.82 Å². The highest BCUT2D eigenvalue weighted by molar-refractivity contribution is 7.13. The number of imide groups is 1. The molecule has 8 heteroatoms. The Hall–Kier alpha value is -3.00. The molecule has 7 nitrogen and oxygen atoms in total. The minimum atomic E-state index is -1.11. The first-order valence-electron chi connectivity index (χ1n) is 8.05. The summed E-state index contributed by atoms with van der Waals surface area (Å²) in [5, 5.41) is 8.59. The summed E-state index contributed by atoms with van der Waals surface area (Å²) in [6.45, 7) is 3.60. The molecule has 3 aromatic rings. The summed E-state index contributed by atoms with van der Waals surface area (Å²) >= 11 is 1.49. The summed E-state index contributed by atoms with van der Waals surface area (Å²) in [5.74, 6) is 0.315. The number of carbonyl (C=O) groups excluding carboxylic acids is 2. The van der Waals surface area contributed by atoms with Gasteiger partial charge >= 0.3 is 6.03 Å². The van der Waals surface area contributed by atoms with Crippen LogP contribution in [0.3, 0.4) is 0 Å². The van der Waals surface area contributed by atoms with Crippen LogP contribution in [-0.4, -0.2) is 27.0 Å². The summed E-state index contributed by atoms with van der Waals surface area (Å²) in [5.41, 5.74) is 0.702. The molecule has 1 saturated heterocycles. The number of hydrogen-bond acceptors (Lipinski definition) is 6. The molecule has 0 radical (unpaired) electrons. The van der Waals surface area contributed by atoms with Crippen LogP contribution in [0, 0.1) is 6.92 Å². The summed E-state index contributed by atoms with van der Waals surface area (Å²) in [6, 6.07) is 10.8. The van der Waals surface area contributed by atoms with E-state index in [4.69, 9.17) is 4.52 Å². The van der Waals surface area contributed by atoms with Crippen molar-refractivity contribution in [2.24, 2.45) is 0 Å². The second-order valence-corrected chi connectivity index (χ2v) is 7.25. The zero-order valence-electron chi connectivity index (χ0n) is 14.2. The van der Waals surface area contributed by atoms with Gasteiger partial charge < -0.3 is 9.84 Å². The number of aryl methyl sites for hydroxylation is 1. The Bertz CT molecular complexity index is 965. The van der Waals surface area contributed by atoms with Gasteiger partial charge in [-0.05, 0) is 30.9 Å². The Morgan fingerprint density at radius 1 is 1.23 bits per heavy atom. The van der Waals surface area contributed by atoms with Crippen LogP contribution in [0.15, 0.2) is 46.3 Å². The van der Waals surface area contributed by atoms with E-state index in [1.165, 1.54) is 11.3 Å². The number of rotatable bonds is 4. The molecule has 1 aliphatic rings. The van der Waals surface area contributed by atoms with Crippen LogP contribution in [0.25, 0.3) is 10.7 Å². The topological polar surface area (TPSA) is 88.3 Å². The Labute approximate surface area is 153 Å². The van der Waals surface area contributed by atoms with Gasteiger partial charge in [-0.25, -0.2) is 4.79 Å². The molecule has 1 unspecified atom stereocenters. The van der Waals surface area contributed by atoms with Gasteiger partial charge in [-0.2, -0.15) is 4.98 Å². The van der Waals surface area contributed by atoms with Crippen LogP contribution >= 0.6 is 11.3 Å². The molecular weight excluding hydrogens is 352 g/mol. The maximum atomic E-state index is 12.9. The number of amides is 3. The minimum Gasteiger partial charge on any atom is -0.337 e. The minimum absolute atomic E-state index is 0.0650. The van der Waals surface area contributed by atoms with Crippen molar-refractivity contribution in [1.82, 2.24) is 20.4 Å². The summed E-state index contributed by atoms with van der Waals surface area (Å²) in [4.78, 5) is 31.5. The first-order valence-corrected chi connectivity index (χ1v) is 8.93. The summed E-state index contributed by atoms with van der Waals surface area (Å²) in [6.07, 6.45) is 0. The number of nitrogens with zero attached hydrogens (tertiary/aromatic N) is 3. The van der Waals surface area contributed by atoms with Gasteiger partial charge in [0.2, 0.25) is 11.7 Å². The van der Waals surface area contributed by atoms with Gasteiger partial charge in [0.25, 0.3) is 5.91 Å². The molecule has 3 amide bonds. The van der Waals surface area contributed by atoms with Crippen LogP contribution in [0.5, 0.6) is 0 Å². The number of benzene rings is 1. The fraction of sp³-hybridized carbons (Fsp3) is 0.222. The van der Waals surface area contributed by atoms with Crippen molar-refractivity contribution in [1.29, 1.82) is 0 Å². The molecule has 2 aromatic heterocycles. The molecular formula is C18H16N4O3S. The van der Waals surface area contributed by atoms with E-state index >= 15 is 0 Å². The zero-order chi connectivity index (χ0) is 18.3. The average Bonchev–Trinajstić information content (AvgIpc) is 3.34.